The van der Waals surface area contributed by atoms with E-state index in [-0.39, 0.29) is 0 Å². The van der Waals surface area contributed by atoms with Gasteiger partial charge in [0.15, 0.2) is 0 Å². The lowest BCUT2D eigenvalue weighted by molar-refractivity contribution is 0.495. The Balaban J connectivity index is 3.06. The SMILES string of the molecule is CC1(N=C=O)C=CC=CC1N=C=O. The summed E-state index contributed by atoms with van der Waals surface area (Å²) < 4.78 is 0. The summed E-state index contributed by atoms with van der Waals surface area (Å²) in [5.74, 6) is 0. The Morgan fingerprint density at radius 2 is 2.08 bits per heavy atom. The maximum absolute atomic E-state index is 10.1. The van der Waals surface area contributed by atoms with Crippen molar-refractivity contribution < 1.29 is 9.59 Å². The monoisotopic (exact) mass is 176 g/mol. The molecule has 0 bridgehead atoms. The number of isocyanates is 2. The quantitative estimate of drug-likeness (QED) is 0.463. The minimum atomic E-state index is -0.798. The van der Waals surface area contributed by atoms with Gasteiger partial charge in [0.1, 0.15) is 11.6 Å². The van der Waals surface area contributed by atoms with Crippen molar-refractivity contribution in [2.24, 2.45) is 9.98 Å². The molecule has 2 unspecified atom stereocenters. The van der Waals surface area contributed by atoms with E-state index < -0.39 is 11.6 Å². The van der Waals surface area contributed by atoms with Crippen molar-refractivity contribution in [2.45, 2.75) is 18.5 Å². The Kier molecular flexibility index (Phi) is 2.70. The second kappa shape index (κ2) is 3.76. The first-order chi connectivity index (χ1) is 6.23. The second-order valence-corrected chi connectivity index (χ2v) is 2.84. The van der Waals surface area contributed by atoms with Gasteiger partial charge in [-0.1, -0.05) is 24.3 Å². The Morgan fingerprint density at radius 3 is 2.69 bits per heavy atom. The fraction of sp³-hybridized carbons (Fsp3) is 0.333. The van der Waals surface area contributed by atoms with Crippen LogP contribution < -0.4 is 0 Å². The zero-order valence-electron chi connectivity index (χ0n) is 7.10. The summed E-state index contributed by atoms with van der Waals surface area (Å²) in [4.78, 5) is 27.4. The summed E-state index contributed by atoms with van der Waals surface area (Å²) in [5, 5.41) is 0. The van der Waals surface area contributed by atoms with Crippen molar-refractivity contribution in [3.8, 4) is 0 Å². The van der Waals surface area contributed by atoms with E-state index in [4.69, 9.17) is 0 Å². The van der Waals surface area contributed by atoms with Crippen molar-refractivity contribution in [1.82, 2.24) is 0 Å². The van der Waals surface area contributed by atoms with Crippen LogP contribution in [0.5, 0.6) is 0 Å². The normalized spacial score (nSPS) is 30.4. The Morgan fingerprint density at radius 1 is 1.31 bits per heavy atom. The summed E-state index contributed by atoms with van der Waals surface area (Å²) >= 11 is 0. The highest BCUT2D eigenvalue weighted by Crippen LogP contribution is 2.24. The summed E-state index contributed by atoms with van der Waals surface area (Å²) in [7, 11) is 0. The van der Waals surface area contributed by atoms with E-state index in [1.807, 2.05) is 0 Å². The number of aliphatic imine (C=N–C) groups is 2. The first kappa shape index (κ1) is 9.33. The predicted molar refractivity (Wildman–Crippen MR) is 46.7 cm³/mol. The Hall–Kier alpha value is -1.76. The molecular weight excluding hydrogens is 168 g/mol. The zero-order chi connectivity index (χ0) is 9.73. The topological polar surface area (TPSA) is 58.9 Å². The number of rotatable bonds is 2. The van der Waals surface area contributed by atoms with Crippen LogP contribution in [0.4, 0.5) is 0 Å². The molecule has 4 nitrogen and oxygen atoms in total. The van der Waals surface area contributed by atoms with E-state index >= 15 is 0 Å². The summed E-state index contributed by atoms with van der Waals surface area (Å²) in [6.45, 7) is 1.70. The molecule has 1 aliphatic carbocycles. The number of hydrogen-bond donors (Lipinski definition) is 0. The molecule has 66 valence electrons. The predicted octanol–water partition coefficient (Wildman–Crippen LogP) is 0.911. The highest BCUT2D eigenvalue weighted by Gasteiger charge is 2.31. The summed E-state index contributed by atoms with van der Waals surface area (Å²) in [6, 6.07) is -0.462. The third-order valence-corrected chi connectivity index (χ3v) is 1.92. The van der Waals surface area contributed by atoms with Gasteiger partial charge in [0.05, 0.1) is 0 Å². The molecule has 13 heavy (non-hydrogen) atoms. The number of allylic oxidation sites excluding steroid dienone is 2. The molecule has 0 heterocycles. The van der Waals surface area contributed by atoms with Crippen molar-refractivity contribution in [1.29, 1.82) is 0 Å². The molecule has 4 heteroatoms. The van der Waals surface area contributed by atoms with Crippen molar-refractivity contribution in [3.63, 3.8) is 0 Å². The van der Waals surface area contributed by atoms with Crippen LogP contribution in [0.15, 0.2) is 34.3 Å². The van der Waals surface area contributed by atoms with Crippen LogP contribution in [0.25, 0.3) is 0 Å². The fourth-order valence-electron chi connectivity index (χ4n) is 1.15. The smallest absolute Gasteiger partial charge is 0.211 e. The molecule has 0 saturated carbocycles. The maximum atomic E-state index is 10.1. The highest BCUT2D eigenvalue weighted by atomic mass is 16.1. The van der Waals surface area contributed by atoms with Crippen molar-refractivity contribution in [3.05, 3.63) is 24.3 Å². The zero-order valence-corrected chi connectivity index (χ0v) is 7.10. The average molecular weight is 176 g/mol. The molecule has 0 radical (unpaired) electrons. The van der Waals surface area contributed by atoms with E-state index in [0.29, 0.717) is 0 Å². The van der Waals surface area contributed by atoms with Crippen LogP contribution in [-0.2, 0) is 9.59 Å². The highest BCUT2D eigenvalue weighted by molar-refractivity contribution is 5.42. The molecule has 2 atom stereocenters. The van der Waals surface area contributed by atoms with Crippen LogP contribution in [0.2, 0.25) is 0 Å². The summed E-state index contributed by atoms with van der Waals surface area (Å²) in [6.07, 6.45) is 9.79. The largest absolute Gasteiger partial charge is 0.235 e. The van der Waals surface area contributed by atoms with E-state index in [1.54, 1.807) is 31.2 Å². The van der Waals surface area contributed by atoms with Crippen LogP contribution in [-0.4, -0.2) is 23.7 Å². The number of hydrogen-bond acceptors (Lipinski definition) is 4. The molecule has 0 aliphatic heterocycles. The first-order valence-electron chi connectivity index (χ1n) is 3.75. The molecular formula is C9H8N2O2. The molecule has 0 saturated heterocycles. The number of nitrogens with zero attached hydrogens (tertiary/aromatic N) is 2. The van der Waals surface area contributed by atoms with Crippen LogP contribution >= 0.6 is 0 Å². The molecule has 0 N–H and O–H groups in total. The lowest BCUT2D eigenvalue weighted by Crippen LogP contribution is -2.33. The molecule has 0 aromatic rings. The molecule has 0 aromatic carbocycles. The van der Waals surface area contributed by atoms with Gasteiger partial charge in [-0.15, -0.1) is 0 Å². The van der Waals surface area contributed by atoms with Gasteiger partial charge in [-0.25, -0.2) is 9.59 Å². The molecule has 1 aliphatic rings. The van der Waals surface area contributed by atoms with E-state index in [1.165, 1.54) is 12.2 Å². The Bertz CT molecular complexity index is 347. The minimum Gasteiger partial charge on any atom is -0.211 e. The number of carbonyl (C=O) groups excluding carboxylic acids is 2. The van der Waals surface area contributed by atoms with Crippen LogP contribution in [0.1, 0.15) is 6.92 Å². The molecule has 0 fully saturated rings. The molecule has 0 aromatic heterocycles. The second-order valence-electron chi connectivity index (χ2n) is 2.84. The van der Waals surface area contributed by atoms with E-state index in [2.05, 4.69) is 9.98 Å². The molecule has 0 spiro atoms. The third kappa shape index (κ3) is 1.88. The minimum absolute atomic E-state index is 0.462. The standard InChI is InChI=1S/C9H8N2O2/c1-9(11-7-13)5-3-2-4-8(9)10-6-12/h2-5,8H,1H3. The lowest BCUT2D eigenvalue weighted by Gasteiger charge is -2.25. The fourth-order valence-corrected chi connectivity index (χ4v) is 1.15. The van der Waals surface area contributed by atoms with Gasteiger partial charge < -0.3 is 0 Å². The van der Waals surface area contributed by atoms with Crippen molar-refractivity contribution >= 4 is 12.2 Å². The van der Waals surface area contributed by atoms with Gasteiger partial charge in [-0.2, -0.15) is 9.98 Å². The van der Waals surface area contributed by atoms with E-state index in [9.17, 15) is 9.59 Å². The maximum Gasteiger partial charge on any atom is 0.235 e. The average Bonchev–Trinajstić information content (AvgIpc) is 2.10. The third-order valence-electron chi connectivity index (χ3n) is 1.92. The lowest BCUT2D eigenvalue weighted by atomic mass is 9.89. The summed E-state index contributed by atoms with van der Waals surface area (Å²) in [5.41, 5.74) is -0.798. The van der Waals surface area contributed by atoms with E-state index in [0.717, 1.165) is 0 Å². The first-order valence-corrected chi connectivity index (χ1v) is 3.75. The van der Waals surface area contributed by atoms with Crippen LogP contribution in [0, 0.1) is 0 Å². The van der Waals surface area contributed by atoms with Gasteiger partial charge >= 0.3 is 0 Å². The molecule has 0 amide bonds. The van der Waals surface area contributed by atoms with Crippen molar-refractivity contribution in [2.75, 3.05) is 0 Å². The van der Waals surface area contributed by atoms with Gasteiger partial charge in [-0.05, 0) is 6.92 Å². The Labute approximate surface area is 75.4 Å². The molecule has 1 rings (SSSR count). The van der Waals surface area contributed by atoms with Gasteiger partial charge in [-0.3, -0.25) is 0 Å². The van der Waals surface area contributed by atoms with Gasteiger partial charge in [0.25, 0.3) is 0 Å². The van der Waals surface area contributed by atoms with Crippen LogP contribution in [0.3, 0.4) is 0 Å². The van der Waals surface area contributed by atoms with Gasteiger partial charge in [0, 0.05) is 0 Å². The van der Waals surface area contributed by atoms with Gasteiger partial charge in [0.2, 0.25) is 12.2 Å².